The van der Waals surface area contributed by atoms with Crippen LogP contribution in [0.2, 0.25) is 0 Å². The van der Waals surface area contributed by atoms with Crippen molar-refractivity contribution in [1.29, 1.82) is 0 Å². The molecule has 4 nitrogen and oxygen atoms in total. The molecule has 124 valence electrons. The first-order valence-electron chi connectivity index (χ1n) is 7.63. The second kappa shape index (κ2) is 7.05. The van der Waals surface area contributed by atoms with Crippen LogP contribution in [0, 0.1) is 5.82 Å². The number of amides is 2. The summed E-state index contributed by atoms with van der Waals surface area (Å²) in [6, 6.07) is 11.9. The molecule has 0 radical (unpaired) electrons. The summed E-state index contributed by atoms with van der Waals surface area (Å²) < 4.78 is 13.5. The van der Waals surface area contributed by atoms with E-state index in [1.807, 2.05) is 12.1 Å². The summed E-state index contributed by atoms with van der Waals surface area (Å²) in [7, 11) is 0. The second-order valence-corrected chi connectivity index (χ2v) is 6.55. The molecule has 0 saturated carbocycles. The smallest absolute Gasteiger partial charge is 0.234 e. The number of benzene rings is 2. The van der Waals surface area contributed by atoms with Crippen molar-refractivity contribution in [2.75, 3.05) is 22.5 Å². The zero-order valence-corrected chi connectivity index (χ0v) is 14.0. The van der Waals surface area contributed by atoms with Crippen molar-refractivity contribution in [2.24, 2.45) is 0 Å². The molecule has 1 N–H and O–H groups in total. The Bertz CT molecular complexity index is 794. The van der Waals surface area contributed by atoms with Gasteiger partial charge in [0.1, 0.15) is 5.82 Å². The molecule has 0 unspecified atom stereocenters. The maximum atomic E-state index is 13.5. The first-order chi connectivity index (χ1) is 11.5. The van der Waals surface area contributed by atoms with E-state index in [9.17, 15) is 14.0 Å². The Morgan fingerprint density at radius 1 is 1.25 bits per heavy atom. The molecule has 0 aromatic heterocycles. The molecule has 0 saturated heterocycles. The third kappa shape index (κ3) is 3.59. The quantitative estimate of drug-likeness (QED) is 0.864. The van der Waals surface area contributed by atoms with E-state index in [-0.39, 0.29) is 23.4 Å². The highest BCUT2D eigenvalue weighted by atomic mass is 32.2. The number of nitrogens with one attached hydrogen (secondary N) is 1. The van der Waals surface area contributed by atoms with Crippen molar-refractivity contribution < 1.29 is 14.0 Å². The van der Waals surface area contributed by atoms with Crippen LogP contribution in [0.25, 0.3) is 0 Å². The first-order valence-corrected chi connectivity index (χ1v) is 8.61. The van der Waals surface area contributed by atoms with Gasteiger partial charge in [-0.25, -0.2) is 4.39 Å². The van der Waals surface area contributed by atoms with Gasteiger partial charge in [0.25, 0.3) is 0 Å². The number of carbonyl (C=O) groups is 2. The monoisotopic (exact) mass is 344 g/mol. The summed E-state index contributed by atoms with van der Waals surface area (Å²) in [6.07, 6.45) is 0.780. The molecule has 2 aromatic carbocycles. The van der Waals surface area contributed by atoms with Crippen LogP contribution < -0.4 is 10.2 Å². The predicted molar refractivity (Wildman–Crippen MR) is 93.9 cm³/mol. The minimum absolute atomic E-state index is 0.0202. The Hall–Kier alpha value is -2.34. The minimum atomic E-state index is -0.322. The first kappa shape index (κ1) is 16.5. The van der Waals surface area contributed by atoms with E-state index in [2.05, 4.69) is 5.32 Å². The number of fused-ring (bicyclic) bond motifs is 1. The zero-order chi connectivity index (χ0) is 17.1. The van der Waals surface area contributed by atoms with Crippen LogP contribution in [0.3, 0.4) is 0 Å². The number of halogens is 1. The van der Waals surface area contributed by atoms with Crippen molar-refractivity contribution in [3.05, 3.63) is 53.8 Å². The van der Waals surface area contributed by atoms with Gasteiger partial charge in [-0.1, -0.05) is 12.1 Å². The van der Waals surface area contributed by atoms with Crippen LogP contribution in [0.4, 0.5) is 15.8 Å². The fourth-order valence-corrected chi connectivity index (χ4v) is 3.45. The van der Waals surface area contributed by atoms with E-state index < -0.39 is 0 Å². The molecule has 1 heterocycles. The van der Waals surface area contributed by atoms with E-state index in [4.69, 9.17) is 0 Å². The fraction of sp³-hybridized carbons (Fsp3) is 0.222. The molecule has 1 aliphatic heterocycles. The van der Waals surface area contributed by atoms with Crippen molar-refractivity contribution >= 4 is 35.0 Å². The number of carbonyl (C=O) groups excluding carboxylic acids is 2. The maximum Gasteiger partial charge on any atom is 0.234 e. The van der Waals surface area contributed by atoms with Crippen LogP contribution in [-0.2, 0) is 16.0 Å². The molecular weight excluding hydrogens is 327 g/mol. The van der Waals surface area contributed by atoms with Crippen molar-refractivity contribution in [1.82, 2.24) is 0 Å². The van der Waals surface area contributed by atoms with Crippen LogP contribution in [0.15, 0.2) is 47.4 Å². The maximum absolute atomic E-state index is 13.5. The van der Waals surface area contributed by atoms with E-state index in [1.165, 1.54) is 6.07 Å². The van der Waals surface area contributed by atoms with Crippen molar-refractivity contribution in [2.45, 2.75) is 18.2 Å². The summed E-state index contributed by atoms with van der Waals surface area (Å²) in [5, 5.41) is 2.82. The number of anilines is 2. The van der Waals surface area contributed by atoms with Crippen LogP contribution >= 0.6 is 11.8 Å². The Morgan fingerprint density at radius 2 is 2.04 bits per heavy atom. The Morgan fingerprint density at radius 3 is 2.79 bits per heavy atom. The average Bonchev–Trinajstić information content (AvgIpc) is 2.97. The number of thioether (sulfide) groups is 1. The highest BCUT2D eigenvalue weighted by Crippen LogP contribution is 2.30. The lowest BCUT2D eigenvalue weighted by molar-refractivity contribution is -0.116. The molecule has 0 bridgehead atoms. The fourth-order valence-electron chi connectivity index (χ4n) is 2.71. The van der Waals surface area contributed by atoms with Crippen LogP contribution in [0.5, 0.6) is 0 Å². The minimum Gasteiger partial charge on any atom is -0.325 e. The van der Waals surface area contributed by atoms with Crippen LogP contribution in [0.1, 0.15) is 12.5 Å². The van der Waals surface area contributed by atoms with E-state index in [0.717, 1.165) is 29.4 Å². The van der Waals surface area contributed by atoms with Gasteiger partial charge in [0.05, 0.1) is 5.75 Å². The van der Waals surface area contributed by atoms with Gasteiger partial charge in [0, 0.05) is 29.7 Å². The lowest BCUT2D eigenvalue weighted by Gasteiger charge is -2.15. The molecule has 3 rings (SSSR count). The van der Waals surface area contributed by atoms with Crippen molar-refractivity contribution in [3.63, 3.8) is 0 Å². The summed E-state index contributed by atoms with van der Waals surface area (Å²) in [5.41, 5.74) is 2.64. The number of hydrogen-bond donors (Lipinski definition) is 1. The van der Waals surface area contributed by atoms with Gasteiger partial charge < -0.3 is 10.2 Å². The topological polar surface area (TPSA) is 49.4 Å². The molecular formula is C18H17FN2O2S. The highest BCUT2D eigenvalue weighted by Gasteiger charge is 2.22. The van der Waals surface area contributed by atoms with E-state index in [0.29, 0.717) is 17.1 Å². The molecule has 0 atom stereocenters. The Kier molecular flexibility index (Phi) is 4.85. The third-order valence-corrected chi connectivity index (χ3v) is 4.88. The summed E-state index contributed by atoms with van der Waals surface area (Å²) in [4.78, 5) is 25.8. The average molecular weight is 344 g/mol. The number of hydrogen-bond acceptors (Lipinski definition) is 3. The second-order valence-electron chi connectivity index (χ2n) is 5.53. The van der Waals surface area contributed by atoms with Crippen LogP contribution in [-0.4, -0.2) is 24.1 Å². The number of rotatable bonds is 4. The van der Waals surface area contributed by atoms with Gasteiger partial charge in [-0.05, 0) is 42.3 Å². The van der Waals surface area contributed by atoms with Crippen molar-refractivity contribution in [3.8, 4) is 0 Å². The number of nitrogens with zero attached hydrogens (tertiary/aromatic N) is 1. The SMILES string of the molecule is CC(=O)N1CCc2cc(NC(=O)CSc3ccccc3F)ccc21. The molecule has 24 heavy (non-hydrogen) atoms. The Labute approximate surface area is 144 Å². The summed E-state index contributed by atoms with van der Waals surface area (Å²) in [5.74, 6) is -0.356. The molecule has 1 aliphatic rings. The zero-order valence-electron chi connectivity index (χ0n) is 13.2. The van der Waals surface area contributed by atoms with Gasteiger partial charge in [0.2, 0.25) is 11.8 Å². The van der Waals surface area contributed by atoms with Gasteiger partial charge in [-0.15, -0.1) is 11.8 Å². The summed E-state index contributed by atoms with van der Waals surface area (Å²) >= 11 is 1.16. The molecule has 2 amide bonds. The van der Waals surface area contributed by atoms with Gasteiger partial charge in [-0.2, -0.15) is 0 Å². The van der Waals surface area contributed by atoms with Gasteiger partial charge >= 0.3 is 0 Å². The third-order valence-electron chi connectivity index (χ3n) is 3.83. The van der Waals surface area contributed by atoms with Gasteiger partial charge in [0.15, 0.2) is 0 Å². The highest BCUT2D eigenvalue weighted by molar-refractivity contribution is 8.00. The Balaban J connectivity index is 1.61. The van der Waals surface area contributed by atoms with E-state index in [1.54, 1.807) is 36.1 Å². The lowest BCUT2D eigenvalue weighted by Crippen LogP contribution is -2.25. The van der Waals surface area contributed by atoms with Gasteiger partial charge in [-0.3, -0.25) is 9.59 Å². The standard InChI is InChI=1S/C18H17FN2O2S/c1-12(22)21-9-8-13-10-14(6-7-16(13)21)20-18(23)11-24-17-5-3-2-4-15(17)19/h2-7,10H,8-9,11H2,1H3,(H,20,23). The molecule has 0 fully saturated rings. The molecule has 0 aliphatic carbocycles. The van der Waals surface area contributed by atoms with E-state index >= 15 is 0 Å². The lowest BCUT2D eigenvalue weighted by atomic mass is 10.1. The normalized spacial score (nSPS) is 12.8. The predicted octanol–water partition coefficient (Wildman–Crippen LogP) is 3.47. The largest absolute Gasteiger partial charge is 0.325 e. The molecule has 2 aromatic rings. The molecule has 6 heteroatoms. The summed E-state index contributed by atoms with van der Waals surface area (Å²) in [6.45, 7) is 2.22. The molecule has 0 spiro atoms.